The summed E-state index contributed by atoms with van der Waals surface area (Å²) in [4.78, 5) is 40.1. The lowest BCUT2D eigenvalue weighted by Crippen LogP contribution is -2.42. The molecule has 186 valence electrons. The van der Waals surface area contributed by atoms with E-state index in [1.54, 1.807) is 25.3 Å². The monoisotopic (exact) mass is 472 g/mol. The van der Waals surface area contributed by atoms with Crippen molar-refractivity contribution >= 4 is 17.7 Å². The number of hydrogen-bond acceptors (Lipinski definition) is 6. The molecule has 3 aliphatic rings. The number of carbonyl (C=O) groups excluding carboxylic acids is 3. The van der Waals surface area contributed by atoms with Crippen molar-refractivity contribution in [2.24, 2.45) is 5.92 Å². The predicted octanol–water partition coefficient (Wildman–Crippen LogP) is 1.46. The van der Waals surface area contributed by atoms with E-state index in [0.29, 0.717) is 62.6 Å². The van der Waals surface area contributed by atoms with Crippen LogP contribution in [0.1, 0.15) is 55.3 Å². The molecule has 0 unspecified atom stereocenters. The molecule has 9 nitrogen and oxygen atoms in total. The van der Waals surface area contributed by atoms with E-state index >= 15 is 0 Å². The first kappa shape index (κ1) is 24.3. The second kappa shape index (κ2) is 11.6. The second-order valence-corrected chi connectivity index (χ2v) is 9.36. The molecular weight excluding hydrogens is 436 g/mol. The van der Waals surface area contributed by atoms with Gasteiger partial charge in [0.25, 0.3) is 5.91 Å². The number of methoxy groups -OCH3 is 1. The van der Waals surface area contributed by atoms with E-state index < -0.39 is 0 Å². The number of carbonyl (C=O) groups is 3. The van der Waals surface area contributed by atoms with Crippen LogP contribution in [0.3, 0.4) is 0 Å². The van der Waals surface area contributed by atoms with Crippen molar-refractivity contribution < 1.29 is 23.9 Å². The minimum atomic E-state index is -0.318. The summed E-state index contributed by atoms with van der Waals surface area (Å²) < 4.78 is 11.5. The summed E-state index contributed by atoms with van der Waals surface area (Å²) in [7, 11) is 1.56. The molecule has 9 heteroatoms. The zero-order valence-corrected chi connectivity index (χ0v) is 19.9. The molecule has 0 radical (unpaired) electrons. The Morgan fingerprint density at radius 1 is 1.06 bits per heavy atom. The average molecular weight is 473 g/mol. The van der Waals surface area contributed by atoms with Crippen LogP contribution in [0.2, 0.25) is 0 Å². The molecule has 4 rings (SSSR count). The number of rotatable bonds is 2. The fraction of sp³-hybridized carbons (Fsp3) is 0.640. The van der Waals surface area contributed by atoms with Crippen LogP contribution >= 0.6 is 0 Å². The van der Waals surface area contributed by atoms with Crippen molar-refractivity contribution in [2.45, 2.75) is 57.1 Å². The lowest BCUT2D eigenvalue weighted by molar-refractivity contribution is -0.138. The number of hydrogen-bond donors (Lipinski definition) is 3. The van der Waals surface area contributed by atoms with Gasteiger partial charge in [-0.2, -0.15) is 0 Å². The van der Waals surface area contributed by atoms with E-state index in [1.165, 1.54) is 0 Å². The zero-order valence-electron chi connectivity index (χ0n) is 19.9. The van der Waals surface area contributed by atoms with Gasteiger partial charge in [0.2, 0.25) is 11.8 Å². The highest BCUT2D eigenvalue weighted by Crippen LogP contribution is 2.31. The second-order valence-electron chi connectivity index (χ2n) is 9.36. The molecule has 3 amide bonds. The molecule has 3 N–H and O–H groups in total. The van der Waals surface area contributed by atoms with Crippen LogP contribution in [-0.2, 0) is 9.59 Å². The first-order chi connectivity index (χ1) is 16.5. The molecule has 0 spiro atoms. The lowest BCUT2D eigenvalue weighted by Gasteiger charge is -2.32. The van der Waals surface area contributed by atoms with Gasteiger partial charge in [0.05, 0.1) is 13.2 Å². The van der Waals surface area contributed by atoms with Gasteiger partial charge in [-0.05, 0) is 50.3 Å². The predicted molar refractivity (Wildman–Crippen MR) is 127 cm³/mol. The van der Waals surface area contributed by atoms with Gasteiger partial charge in [0.15, 0.2) is 11.5 Å². The number of nitrogens with one attached hydrogen (secondary N) is 3. The van der Waals surface area contributed by atoms with Crippen molar-refractivity contribution in [3.8, 4) is 11.5 Å². The van der Waals surface area contributed by atoms with Crippen molar-refractivity contribution in [3.05, 3.63) is 23.8 Å². The van der Waals surface area contributed by atoms with E-state index in [-0.39, 0.29) is 35.8 Å². The topological polar surface area (TPSA) is 109 Å². The summed E-state index contributed by atoms with van der Waals surface area (Å²) in [6.45, 7) is 2.90. The van der Waals surface area contributed by atoms with Gasteiger partial charge in [0.1, 0.15) is 6.10 Å². The van der Waals surface area contributed by atoms with E-state index in [4.69, 9.17) is 9.47 Å². The van der Waals surface area contributed by atoms with Gasteiger partial charge in [-0.1, -0.05) is 6.42 Å². The summed E-state index contributed by atoms with van der Waals surface area (Å²) in [5, 5.41) is 9.19. The summed E-state index contributed by atoms with van der Waals surface area (Å²) >= 11 is 0. The Balaban J connectivity index is 1.46. The molecule has 2 atom stereocenters. The Bertz CT molecular complexity index is 888. The van der Waals surface area contributed by atoms with Gasteiger partial charge in [-0.3, -0.25) is 14.4 Å². The molecule has 34 heavy (non-hydrogen) atoms. The first-order valence-electron chi connectivity index (χ1n) is 12.5. The maximum Gasteiger partial charge on any atom is 0.251 e. The average Bonchev–Trinajstić information content (AvgIpc) is 3.26. The minimum Gasteiger partial charge on any atom is -0.493 e. The minimum absolute atomic E-state index is 0.0356. The molecule has 1 saturated heterocycles. The number of benzene rings is 1. The smallest absolute Gasteiger partial charge is 0.251 e. The quantitative estimate of drug-likeness (QED) is 0.602. The highest BCUT2D eigenvalue weighted by Gasteiger charge is 2.32. The van der Waals surface area contributed by atoms with Crippen LogP contribution in [0, 0.1) is 5.92 Å². The zero-order chi connectivity index (χ0) is 23.9. The largest absolute Gasteiger partial charge is 0.493 e. The summed E-state index contributed by atoms with van der Waals surface area (Å²) in [5.74, 6) is 1.18. The Morgan fingerprint density at radius 2 is 1.85 bits per heavy atom. The van der Waals surface area contributed by atoms with Gasteiger partial charge >= 0.3 is 0 Å². The molecule has 4 bridgehead atoms. The van der Waals surface area contributed by atoms with Gasteiger partial charge in [-0.25, -0.2) is 0 Å². The third kappa shape index (κ3) is 6.00. The van der Waals surface area contributed by atoms with Gasteiger partial charge in [-0.15, -0.1) is 0 Å². The third-order valence-electron chi connectivity index (χ3n) is 6.94. The Kier molecular flexibility index (Phi) is 8.26. The molecule has 0 aromatic heterocycles. The van der Waals surface area contributed by atoms with E-state index in [0.717, 1.165) is 32.1 Å². The highest BCUT2D eigenvalue weighted by molar-refractivity contribution is 5.94. The summed E-state index contributed by atoms with van der Waals surface area (Å²) in [6, 6.07) is 4.79. The number of fused-ring (bicyclic) bond motifs is 4. The van der Waals surface area contributed by atoms with E-state index in [9.17, 15) is 14.4 Å². The fourth-order valence-corrected chi connectivity index (χ4v) is 4.66. The molecule has 1 aromatic rings. The van der Waals surface area contributed by atoms with Gasteiger partial charge < -0.3 is 30.3 Å². The van der Waals surface area contributed by atoms with Crippen LogP contribution in [0.25, 0.3) is 0 Å². The first-order valence-corrected chi connectivity index (χ1v) is 12.5. The fourth-order valence-electron chi connectivity index (χ4n) is 4.66. The van der Waals surface area contributed by atoms with Crippen molar-refractivity contribution in [1.82, 2.24) is 20.9 Å². The van der Waals surface area contributed by atoms with Crippen LogP contribution in [0.4, 0.5) is 0 Å². The van der Waals surface area contributed by atoms with Gasteiger partial charge in [0, 0.05) is 50.6 Å². The number of ether oxygens (including phenoxy) is 2. The van der Waals surface area contributed by atoms with E-state index in [2.05, 4.69) is 16.0 Å². The third-order valence-corrected chi connectivity index (χ3v) is 6.94. The molecule has 1 aliphatic carbocycles. The SMILES string of the molecule is COc1ccc2cc1O[C@@H]1CN[C@@H](C1)C(=O)NCCCCN(C(=O)C1CCC1)CCCNC2=O. The van der Waals surface area contributed by atoms with E-state index in [1.807, 2.05) is 4.90 Å². The molecular formula is C25H36N4O5. The number of amides is 3. The molecule has 2 fully saturated rings. The van der Waals surface area contributed by atoms with Crippen LogP contribution in [0.5, 0.6) is 11.5 Å². The lowest BCUT2D eigenvalue weighted by atomic mass is 9.84. The Hall–Kier alpha value is -2.81. The summed E-state index contributed by atoms with van der Waals surface area (Å²) in [5.41, 5.74) is 0.483. The number of nitrogens with zero attached hydrogens (tertiary/aromatic N) is 1. The highest BCUT2D eigenvalue weighted by atomic mass is 16.5. The molecule has 1 aromatic carbocycles. The molecule has 1 saturated carbocycles. The van der Waals surface area contributed by atoms with Crippen molar-refractivity contribution in [1.29, 1.82) is 0 Å². The van der Waals surface area contributed by atoms with Crippen molar-refractivity contribution in [3.63, 3.8) is 0 Å². The van der Waals surface area contributed by atoms with Crippen LogP contribution < -0.4 is 25.4 Å². The Morgan fingerprint density at radius 3 is 2.62 bits per heavy atom. The normalized spacial score (nSPS) is 25.0. The van der Waals surface area contributed by atoms with Crippen LogP contribution in [-0.4, -0.2) is 74.6 Å². The molecule has 2 aliphatic heterocycles. The maximum absolute atomic E-state index is 12.9. The maximum atomic E-state index is 12.9. The standard InChI is InChI=1S/C25H36N4O5/c1-33-21-9-8-18-14-22(21)34-19-15-20(28-16-19)24(31)27-10-2-3-12-29(13-5-11-26-23(18)30)25(32)17-6-4-7-17/h8-9,14,17,19-20,28H,2-7,10-13,15-16H2,1H3,(H,26,30)(H,27,31)/t19-,20-/m0/s1. The Labute approximate surface area is 200 Å². The molecule has 2 heterocycles. The van der Waals surface area contributed by atoms with Crippen molar-refractivity contribution in [2.75, 3.05) is 39.8 Å². The summed E-state index contributed by atoms with van der Waals surface area (Å²) in [6.07, 6.45) is 5.74. The van der Waals surface area contributed by atoms with Crippen LogP contribution in [0.15, 0.2) is 18.2 Å².